The predicted molar refractivity (Wildman–Crippen MR) is 63.6 cm³/mol. The Kier molecular flexibility index (Phi) is 3.56. The fourth-order valence-electron chi connectivity index (χ4n) is 2.23. The molecule has 2 rings (SSSR count). The van der Waals surface area contributed by atoms with E-state index in [1.54, 1.807) is 0 Å². The molecule has 1 unspecified atom stereocenters. The number of likely N-dealkylation sites (N-methyl/N-ethyl adjacent to an activating group) is 1. The normalized spacial score (nSPS) is 21.2. The SMILES string of the molecule is CCN1CCCC1CNc1cc(=O)[nH]cn1. The Hall–Kier alpha value is -1.36. The third-order valence-corrected chi connectivity index (χ3v) is 3.10. The number of hydrogen-bond donors (Lipinski definition) is 2. The van der Waals surface area contributed by atoms with Gasteiger partial charge in [0.25, 0.3) is 5.56 Å². The van der Waals surface area contributed by atoms with Crippen LogP contribution in [0.3, 0.4) is 0 Å². The molecular weight excluding hydrogens is 204 g/mol. The number of nitrogens with zero attached hydrogens (tertiary/aromatic N) is 2. The summed E-state index contributed by atoms with van der Waals surface area (Å²) in [6.45, 7) is 5.33. The topological polar surface area (TPSA) is 61.0 Å². The zero-order valence-corrected chi connectivity index (χ0v) is 9.57. The highest BCUT2D eigenvalue weighted by atomic mass is 16.1. The Labute approximate surface area is 94.9 Å². The molecule has 2 N–H and O–H groups in total. The van der Waals surface area contributed by atoms with E-state index in [0.717, 1.165) is 13.1 Å². The van der Waals surface area contributed by atoms with E-state index < -0.39 is 0 Å². The van der Waals surface area contributed by atoms with Crippen LogP contribution in [0.15, 0.2) is 17.2 Å². The zero-order valence-electron chi connectivity index (χ0n) is 9.57. The first-order valence-electron chi connectivity index (χ1n) is 5.82. The Morgan fingerprint density at radius 3 is 3.31 bits per heavy atom. The van der Waals surface area contributed by atoms with Gasteiger partial charge in [-0.05, 0) is 25.9 Å². The van der Waals surface area contributed by atoms with E-state index in [2.05, 4.69) is 27.1 Å². The van der Waals surface area contributed by atoms with Crippen molar-refractivity contribution in [3.8, 4) is 0 Å². The van der Waals surface area contributed by atoms with Gasteiger partial charge in [0.05, 0.1) is 6.33 Å². The van der Waals surface area contributed by atoms with Crippen LogP contribution >= 0.6 is 0 Å². The zero-order chi connectivity index (χ0) is 11.4. The molecule has 1 aromatic heterocycles. The van der Waals surface area contributed by atoms with Crippen molar-refractivity contribution >= 4 is 5.82 Å². The summed E-state index contributed by atoms with van der Waals surface area (Å²) in [5, 5.41) is 3.22. The molecule has 1 atom stereocenters. The summed E-state index contributed by atoms with van der Waals surface area (Å²) in [7, 11) is 0. The molecule has 1 saturated heterocycles. The number of anilines is 1. The van der Waals surface area contributed by atoms with Gasteiger partial charge in [0, 0.05) is 18.7 Å². The van der Waals surface area contributed by atoms with E-state index in [4.69, 9.17) is 0 Å². The molecule has 1 aliphatic heterocycles. The van der Waals surface area contributed by atoms with Gasteiger partial charge in [-0.3, -0.25) is 9.69 Å². The number of hydrogen-bond acceptors (Lipinski definition) is 4. The van der Waals surface area contributed by atoms with Gasteiger partial charge in [-0.15, -0.1) is 0 Å². The second-order valence-corrected chi connectivity index (χ2v) is 4.10. The van der Waals surface area contributed by atoms with Crippen LogP contribution in [-0.2, 0) is 0 Å². The molecule has 2 heterocycles. The standard InChI is InChI=1S/C11H18N4O/c1-2-15-5-3-4-9(15)7-12-10-6-11(16)14-8-13-10/h6,8-9H,2-5,7H2,1H3,(H2,12,13,14,16). The lowest BCUT2D eigenvalue weighted by molar-refractivity contribution is 0.277. The first-order valence-corrected chi connectivity index (χ1v) is 5.82. The van der Waals surface area contributed by atoms with E-state index in [1.807, 2.05) is 0 Å². The van der Waals surface area contributed by atoms with Crippen molar-refractivity contribution < 1.29 is 0 Å². The van der Waals surface area contributed by atoms with Gasteiger partial charge in [0.15, 0.2) is 0 Å². The third-order valence-electron chi connectivity index (χ3n) is 3.10. The highest BCUT2D eigenvalue weighted by Crippen LogP contribution is 2.16. The highest BCUT2D eigenvalue weighted by Gasteiger charge is 2.22. The summed E-state index contributed by atoms with van der Waals surface area (Å²) in [5.41, 5.74) is -0.115. The van der Waals surface area contributed by atoms with Crippen LogP contribution < -0.4 is 10.9 Å². The van der Waals surface area contributed by atoms with E-state index in [0.29, 0.717) is 11.9 Å². The number of rotatable bonds is 4. The number of likely N-dealkylation sites (tertiary alicyclic amines) is 1. The molecule has 0 aromatic carbocycles. The molecule has 16 heavy (non-hydrogen) atoms. The van der Waals surface area contributed by atoms with Crippen LogP contribution in [-0.4, -0.2) is 40.5 Å². The predicted octanol–water partition coefficient (Wildman–Crippen LogP) is 0.666. The molecule has 1 aromatic rings. The molecule has 5 heteroatoms. The molecule has 1 aliphatic rings. The average Bonchev–Trinajstić information content (AvgIpc) is 2.74. The molecule has 0 spiro atoms. The summed E-state index contributed by atoms with van der Waals surface area (Å²) in [4.78, 5) is 20.1. The van der Waals surface area contributed by atoms with Gasteiger partial charge in [0.1, 0.15) is 5.82 Å². The second-order valence-electron chi connectivity index (χ2n) is 4.10. The smallest absolute Gasteiger partial charge is 0.252 e. The molecule has 1 fully saturated rings. The molecule has 0 amide bonds. The summed E-state index contributed by atoms with van der Waals surface area (Å²) in [6.07, 6.45) is 3.92. The number of H-pyrrole nitrogens is 1. The van der Waals surface area contributed by atoms with Crippen LogP contribution in [0.25, 0.3) is 0 Å². The van der Waals surface area contributed by atoms with Gasteiger partial charge in [-0.2, -0.15) is 0 Å². The van der Waals surface area contributed by atoms with E-state index in [9.17, 15) is 4.79 Å². The van der Waals surface area contributed by atoms with Gasteiger partial charge < -0.3 is 10.3 Å². The fourth-order valence-corrected chi connectivity index (χ4v) is 2.23. The van der Waals surface area contributed by atoms with Crippen LogP contribution in [0.5, 0.6) is 0 Å². The molecule has 0 saturated carbocycles. The van der Waals surface area contributed by atoms with E-state index >= 15 is 0 Å². The van der Waals surface area contributed by atoms with Crippen molar-refractivity contribution in [2.75, 3.05) is 25.0 Å². The van der Waals surface area contributed by atoms with Crippen LogP contribution in [0.4, 0.5) is 5.82 Å². The maximum atomic E-state index is 11.1. The summed E-state index contributed by atoms with van der Waals surface area (Å²) < 4.78 is 0. The van der Waals surface area contributed by atoms with Crippen molar-refractivity contribution in [2.24, 2.45) is 0 Å². The van der Waals surface area contributed by atoms with Gasteiger partial charge in [-0.25, -0.2) is 4.98 Å². The lowest BCUT2D eigenvalue weighted by atomic mass is 10.2. The Morgan fingerprint density at radius 2 is 2.56 bits per heavy atom. The Balaban J connectivity index is 1.89. The van der Waals surface area contributed by atoms with E-state index in [-0.39, 0.29) is 5.56 Å². The summed E-state index contributed by atoms with van der Waals surface area (Å²) in [5.74, 6) is 0.659. The Bertz CT molecular complexity index is 390. The minimum absolute atomic E-state index is 0.115. The van der Waals surface area contributed by atoms with Crippen molar-refractivity contribution in [1.29, 1.82) is 0 Å². The number of nitrogens with one attached hydrogen (secondary N) is 2. The van der Waals surface area contributed by atoms with Crippen LogP contribution in [0.2, 0.25) is 0 Å². The first kappa shape index (κ1) is 11.1. The maximum absolute atomic E-state index is 11.1. The summed E-state index contributed by atoms with van der Waals surface area (Å²) in [6, 6.07) is 2.07. The molecule has 0 bridgehead atoms. The highest BCUT2D eigenvalue weighted by molar-refractivity contribution is 5.31. The van der Waals surface area contributed by atoms with Gasteiger partial charge in [-0.1, -0.05) is 6.92 Å². The molecule has 5 nitrogen and oxygen atoms in total. The number of aromatic amines is 1. The number of aromatic nitrogens is 2. The lowest BCUT2D eigenvalue weighted by Crippen LogP contribution is -2.34. The average molecular weight is 222 g/mol. The van der Waals surface area contributed by atoms with Crippen molar-refractivity contribution in [2.45, 2.75) is 25.8 Å². The second kappa shape index (κ2) is 5.12. The molecule has 0 aliphatic carbocycles. The van der Waals surface area contributed by atoms with Crippen molar-refractivity contribution in [1.82, 2.24) is 14.9 Å². The van der Waals surface area contributed by atoms with Crippen molar-refractivity contribution in [3.63, 3.8) is 0 Å². The van der Waals surface area contributed by atoms with Gasteiger partial charge in [0.2, 0.25) is 0 Å². The van der Waals surface area contributed by atoms with Gasteiger partial charge >= 0.3 is 0 Å². The van der Waals surface area contributed by atoms with Crippen molar-refractivity contribution in [3.05, 3.63) is 22.7 Å². The molecule has 0 radical (unpaired) electrons. The minimum Gasteiger partial charge on any atom is -0.368 e. The lowest BCUT2D eigenvalue weighted by Gasteiger charge is -2.22. The fraction of sp³-hybridized carbons (Fsp3) is 0.636. The largest absolute Gasteiger partial charge is 0.368 e. The molecular formula is C11H18N4O. The van der Waals surface area contributed by atoms with Crippen LogP contribution in [0, 0.1) is 0 Å². The monoisotopic (exact) mass is 222 g/mol. The Morgan fingerprint density at radius 1 is 1.69 bits per heavy atom. The van der Waals surface area contributed by atoms with E-state index in [1.165, 1.54) is 31.8 Å². The maximum Gasteiger partial charge on any atom is 0.252 e. The summed E-state index contributed by atoms with van der Waals surface area (Å²) >= 11 is 0. The quantitative estimate of drug-likeness (QED) is 0.786. The van der Waals surface area contributed by atoms with Crippen LogP contribution in [0.1, 0.15) is 19.8 Å². The first-order chi connectivity index (χ1) is 7.79. The third kappa shape index (κ3) is 2.61. The minimum atomic E-state index is -0.115. The molecule has 88 valence electrons.